The topological polar surface area (TPSA) is 42.7 Å². The molecular formula is C13H14N4S. The predicted molar refractivity (Wildman–Crippen MR) is 74.8 cm³/mol. The zero-order valence-electron chi connectivity index (χ0n) is 10.1. The van der Waals surface area contributed by atoms with E-state index in [1.165, 1.54) is 10.3 Å². The Morgan fingerprint density at radius 3 is 3.17 bits per heavy atom. The van der Waals surface area contributed by atoms with Crippen molar-refractivity contribution in [3.05, 3.63) is 41.7 Å². The fourth-order valence-electron chi connectivity index (χ4n) is 1.84. The second kappa shape index (κ2) is 4.78. The molecule has 0 spiro atoms. The molecule has 0 radical (unpaired) electrons. The highest BCUT2D eigenvalue weighted by Gasteiger charge is 2.00. The van der Waals surface area contributed by atoms with Crippen LogP contribution in [0.15, 0.2) is 36.1 Å². The second-order valence-electron chi connectivity index (χ2n) is 4.09. The van der Waals surface area contributed by atoms with Gasteiger partial charge in [-0.2, -0.15) is 5.10 Å². The fourth-order valence-corrected chi connectivity index (χ4v) is 2.56. The number of fused-ring (bicyclic) bond motifs is 1. The molecule has 4 nitrogen and oxygen atoms in total. The van der Waals surface area contributed by atoms with Gasteiger partial charge in [-0.25, -0.2) is 4.98 Å². The maximum absolute atomic E-state index is 4.27. The molecule has 0 fully saturated rings. The van der Waals surface area contributed by atoms with Crippen LogP contribution in [0.4, 0.5) is 5.69 Å². The van der Waals surface area contributed by atoms with E-state index in [-0.39, 0.29) is 0 Å². The molecule has 0 unspecified atom stereocenters. The van der Waals surface area contributed by atoms with Gasteiger partial charge in [0.25, 0.3) is 0 Å². The molecule has 1 aromatic carbocycles. The Hall–Kier alpha value is -1.88. The number of nitrogens with one attached hydrogen (secondary N) is 1. The van der Waals surface area contributed by atoms with Gasteiger partial charge in [0.15, 0.2) is 0 Å². The minimum Gasteiger partial charge on any atom is -0.381 e. The highest BCUT2D eigenvalue weighted by molar-refractivity contribution is 7.16. The summed E-state index contributed by atoms with van der Waals surface area (Å²) >= 11 is 1.66. The molecule has 5 heteroatoms. The lowest BCUT2D eigenvalue weighted by atomic mass is 10.3. The normalized spacial score (nSPS) is 10.9. The van der Waals surface area contributed by atoms with E-state index in [4.69, 9.17) is 0 Å². The zero-order valence-corrected chi connectivity index (χ0v) is 10.9. The average Bonchev–Trinajstić information content (AvgIpc) is 3.04. The van der Waals surface area contributed by atoms with Crippen molar-refractivity contribution in [2.24, 2.45) is 0 Å². The molecule has 3 aromatic rings. The summed E-state index contributed by atoms with van der Waals surface area (Å²) in [5, 5.41) is 7.66. The summed E-state index contributed by atoms with van der Waals surface area (Å²) in [5.74, 6) is 0. The number of nitrogens with zero attached hydrogens (tertiary/aromatic N) is 3. The molecule has 0 aliphatic rings. The van der Waals surface area contributed by atoms with Crippen LogP contribution >= 0.6 is 11.3 Å². The fraction of sp³-hybridized carbons (Fsp3) is 0.231. The van der Waals surface area contributed by atoms with Crippen LogP contribution in [0, 0.1) is 0 Å². The number of aromatic nitrogens is 3. The van der Waals surface area contributed by atoms with Crippen LogP contribution in [0.1, 0.15) is 12.5 Å². The molecule has 1 N–H and O–H groups in total. The Bertz CT molecular complexity index is 656. The van der Waals surface area contributed by atoms with Crippen molar-refractivity contribution in [1.29, 1.82) is 0 Å². The monoisotopic (exact) mass is 258 g/mol. The van der Waals surface area contributed by atoms with Gasteiger partial charge in [-0.3, -0.25) is 4.68 Å². The highest BCUT2D eigenvalue weighted by Crippen LogP contribution is 2.22. The molecule has 2 aromatic heterocycles. The first-order valence-electron chi connectivity index (χ1n) is 5.93. The van der Waals surface area contributed by atoms with Gasteiger partial charge in [-0.05, 0) is 25.1 Å². The van der Waals surface area contributed by atoms with Crippen LogP contribution in [-0.4, -0.2) is 14.8 Å². The Kier molecular flexibility index (Phi) is 2.98. The van der Waals surface area contributed by atoms with Gasteiger partial charge in [0, 0.05) is 30.5 Å². The number of rotatable bonds is 4. The average molecular weight is 258 g/mol. The molecule has 0 bridgehead atoms. The lowest BCUT2D eigenvalue weighted by molar-refractivity contribution is 0.659. The molecule has 0 saturated carbocycles. The zero-order chi connectivity index (χ0) is 12.4. The Labute approximate surface area is 109 Å². The van der Waals surface area contributed by atoms with Gasteiger partial charge in [-0.1, -0.05) is 0 Å². The van der Waals surface area contributed by atoms with E-state index in [1.54, 1.807) is 11.3 Å². The molecule has 2 heterocycles. The first kappa shape index (κ1) is 11.2. The third-order valence-corrected chi connectivity index (χ3v) is 3.63. The summed E-state index contributed by atoms with van der Waals surface area (Å²) in [6.07, 6.45) is 3.97. The summed E-state index contributed by atoms with van der Waals surface area (Å²) in [4.78, 5) is 4.27. The van der Waals surface area contributed by atoms with Gasteiger partial charge in [0.2, 0.25) is 0 Å². The van der Waals surface area contributed by atoms with Crippen molar-refractivity contribution in [1.82, 2.24) is 14.8 Å². The molecule has 3 rings (SSSR count). The van der Waals surface area contributed by atoms with Crippen LogP contribution in [0.5, 0.6) is 0 Å². The quantitative estimate of drug-likeness (QED) is 0.782. The number of anilines is 1. The van der Waals surface area contributed by atoms with Crippen LogP contribution in [0.2, 0.25) is 0 Å². The molecule has 0 amide bonds. The first-order valence-corrected chi connectivity index (χ1v) is 6.81. The maximum atomic E-state index is 4.27. The predicted octanol–water partition coefficient (Wildman–Crippen LogP) is 3.12. The number of thiazole rings is 1. The first-order chi connectivity index (χ1) is 8.85. The maximum Gasteiger partial charge on any atom is 0.0813 e. The SMILES string of the molecule is CCn1cc(CNc2ccc3ncsc3c2)cn1. The van der Waals surface area contributed by atoms with Gasteiger partial charge < -0.3 is 5.32 Å². The van der Waals surface area contributed by atoms with E-state index in [9.17, 15) is 0 Å². The molecule has 0 aliphatic heterocycles. The van der Waals surface area contributed by atoms with Gasteiger partial charge in [0.1, 0.15) is 0 Å². The summed E-state index contributed by atoms with van der Waals surface area (Å²) in [6, 6.07) is 6.24. The van der Waals surface area contributed by atoms with Gasteiger partial charge in [-0.15, -0.1) is 11.3 Å². The summed E-state index contributed by atoms with van der Waals surface area (Å²) < 4.78 is 3.15. The number of aryl methyl sites for hydroxylation is 1. The Balaban J connectivity index is 1.72. The highest BCUT2D eigenvalue weighted by atomic mass is 32.1. The lowest BCUT2D eigenvalue weighted by Crippen LogP contribution is -1.98. The summed E-state index contributed by atoms with van der Waals surface area (Å²) in [7, 11) is 0. The van der Waals surface area contributed by atoms with E-state index in [0.717, 1.165) is 24.3 Å². The third-order valence-electron chi connectivity index (χ3n) is 2.84. The van der Waals surface area contributed by atoms with Crippen molar-refractivity contribution in [3.8, 4) is 0 Å². The van der Waals surface area contributed by atoms with E-state index in [0.29, 0.717) is 0 Å². The Morgan fingerprint density at radius 1 is 1.39 bits per heavy atom. The molecule has 92 valence electrons. The largest absolute Gasteiger partial charge is 0.381 e. The van der Waals surface area contributed by atoms with Crippen molar-refractivity contribution in [2.75, 3.05) is 5.32 Å². The summed E-state index contributed by atoms with van der Waals surface area (Å²) in [5.41, 5.74) is 5.25. The lowest BCUT2D eigenvalue weighted by Gasteiger charge is -2.04. The smallest absolute Gasteiger partial charge is 0.0813 e. The standard InChI is InChI=1S/C13H14N4S/c1-2-17-8-10(7-16-17)6-14-11-3-4-12-13(5-11)18-9-15-12/h3-5,7-9,14H,2,6H2,1H3. The van der Waals surface area contributed by atoms with Crippen molar-refractivity contribution >= 4 is 27.2 Å². The van der Waals surface area contributed by atoms with E-state index in [2.05, 4.69) is 40.7 Å². The number of hydrogen-bond donors (Lipinski definition) is 1. The van der Waals surface area contributed by atoms with Crippen LogP contribution < -0.4 is 5.32 Å². The Morgan fingerprint density at radius 2 is 2.33 bits per heavy atom. The molecule has 0 atom stereocenters. The second-order valence-corrected chi connectivity index (χ2v) is 4.98. The minimum absolute atomic E-state index is 0.796. The van der Waals surface area contributed by atoms with E-state index >= 15 is 0 Å². The van der Waals surface area contributed by atoms with Crippen molar-refractivity contribution < 1.29 is 0 Å². The van der Waals surface area contributed by atoms with Gasteiger partial charge in [0.05, 0.1) is 21.9 Å². The third kappa shape index (κ3) is 2.22. The number of benzene rings is 1. The molecule has 0 saturated heterocycles. The van der Waals surface area contributed by atoms with Crippen LogP contribution in [0.25, 0.3) is 10.2 Å². The van der Waals surface area contributed by atoms with E-state index in [1.807, 2.05) is 22.5 Å². The van der Waals surface area contributed by atoms with Crippen molar-refractivity contribution in [2.45, 2.75) is 20.0 Å². The summed E-state index contributed by atoms with van der Waals surface area (Å²) in [6.45, 7) is 3.79. The van der Waals surface area contributed by atoms with Crippen LogP contribution in [0.3, 0.4) is 0 Å². The minimum atomic E-state index is 0.796. The van der Waals surface area contributed by atoms with Crippen LogP contribution in [-0.2, 0) is 13.1 Å². The molecular weight excluding hydrogens is 244 g/mol. The van der Waals surface area contributed by atoms with Crippen molar-refractivity contribution in [3.63, 3.8) is 0 Å². The molecule has 0 aliphatic carbocycles. The van der Waals surface area contributed by atoms with E-state index < -0.39 is 0 Å². The van der Waals surface area contributed by atoms with Gasteiger partial charge >= 0.3 is 0 Å². The number of hydrogen-bond acceptors (Lipinski definition) is 4. The molecule has 18 heavy (non-hydrogen) atoms.